The summed E-state index contributed by atoms with van der Waals surface area (Å²) in [6.45, 7) is 11.7. The number of carbonyl (C=O) groups excluding carboxylic acids is 2. The molecule has 20 heavy (non-hydrogen) atoms. The molecule has 6 nitrogen and oxygen atoms in total. The van der Waals surface area contributed by atoms with E-state index in [1.165, 1.54) is 0 Å². The van der Waals surface area contributed by atoms with Crippen LogP contribution in [0.1, 0.15) is 27.7 Å². The van der Waals surface area contributed by atoms with Gasteiger partial charge in [0, 0.05) is 39.3 Å². The molecule has 1 saturated heterocycles. The van der Waals surface area contributed by atoms with Gasteiger partial charge >= 0.3 is 6.03 Å². The molecule has 0 aliphatic carbocycles. The highest BCUT2D eigenvalue weighted by molar-refractivity contribution is 5.78. The molecule has 116 valence electrons. The molecular formula is C14H27N3O3. The maximum atomic E-state index is 12.2. The molecule has 0 saturated carbocycles. The number of nitrogens with zero attached hydrogens (tertiary/aromatic N) is 3. The van der Waals surface area contributed by atoms with Gasteiger partial charge in [0.05, 0.1) is 6.10 Å². The van der Waals surface area contributed by atoms with E-state index in [2.05, 4.69) is 0 Å². The van der Waals surface area contributed by atoms with Crippen LogP contribution in [-0.2, 0) is 9.53 Å². The molecule has 1 rings (SSSR count). The highest BCUT2D eigenvalue weighted by Crippen LogP contribution is 2.06. The van der Waals surface area contributed by atoms with E-state index in [1.807, 2.05) is 32.6 Å². The van der Waals surface area contributed by atoms with Crippen molar-refractivity contribution in [3.05, 3.63) is 0 Å². The van der Waals surface area contributed by atoms with Crippen molar-refractivity contribution in [2.45, 2.75) is 33.8 Å². The molecule has 0 radical (unpaired) electrons. The lowest BCUT2D eigenvalue weighted by molar-refractivity contribution is -0.139. The summed E-state index contributed by atoms with van der Waals surface area (Å²) in [5.74, 6) is 0.00800. The van der Waals surface area contributed by atoms with Crippen LogP contribution in [0.5, 0.6) is 0 Å². The van der Waals surface area contributed by atoms with Crippen LogP contribution >= 0.6 is 0 Å². The van der Waals surface area contributed by atoms with Crippen LogP contribution in [0.2, 0.25) is 0 Å². The van der Waals surface area contributed by atoms with Crippen molar-refractivity contribution in [3.8, 4) is 0 Å². The zero-order valence-corrected chi connectivity index (χ0v) is 13.1. The number of ether oxygens (including phenoxy) is 1. The SMILES string of the molecule is CCN(CC)C(=O)N1CCN(C(=O)COC(C)C)CC1. The maximum Gasteiger partial charge on any atom is 0.320 e. The Morgan fingerprint density at radius 1 is 1.05 bits per heavy atom. The minimum Gasteiger partial charge on any atom is -0.369 e. The fourth-order valence-electron chi connectivity index (χ4n) is 2.17. The lowest BCUT2D eigenvalue weighted by Gasteiger charge is -2.37. The maximum absolute atomic E-state index is 12.2. The van der Waals surface area contributed by atoms with Gasteiger partial charge in [0.15, 0.2) is 0 Å². The molecule has 0 unspecified atom stereocenters. The molecule has 0 N–H and O–H groups in total. The van der Waals surface area contributed by atoms with E-state index in [9.17, 15) is 9.59 Å². The van der Waals surface area contributed by atoms with Gasteiger partial charge in [-0.05, 0) is 27.7 Å². The topological polar surface area (TPSA) is 53.1 Å². The van der Waals surface area contributed by atoms with Crippen LogP contribution in [0.3, 0.4) is 0 Å². The van der Waals surface area contributed by atoms with Gasteiger partial charge in [0.25, 0.3) is 0 Å². The summed E-state index contributed by atoms with van der Waals surface area (Å²) in [7, 11) is 0. The molecule has 3 amide bonds. The molecule has 0 atom stereocenters. The number of rotatable bonds is 5. The minimum absolute atomic E-state index is 0.00800. The van der Waals surface area contributed by atoms with E-state index in [-0.39, 0.29) is 24.6 Å². The number of amides is 3. The predicted octanol–water partition coefficient (Wildman–Crippen LogP) is 1.02. The van der Waals surface area contributed by atoms with Crippen molar-refractivity contribution >= 4 is 11.9 Å². The first-order valence-electron chi connectivity index (χ1n) is 7.42. The van der Waals surface area contributed by atoms with Gasteiger partial charge in [-0.3, -0.25) is 4.79 Å². The van der Waals surface area contributed by atoms with Gasteiger partial charge in [-0.25, -0.2) is 4.79 Å². The predicted molar refractivity (Wildman–Crippen MR) is 77.6 cm³/mol. The monoisotopic (exact) mass is 285 g/mol. The molecule has 1 fully saturated rings. The van der Waals surface area contributed by atoms with Crippen molar-refractivity contribution < 1.29 is 14.3 Å². The van der Waals surface area contributed by atoms with Crippen molar-refractivity contribution in [3.63, 3.8) is 0 Å². The normalized spacial score (nSPS) is 15.7. The molecule has 0 aromatic heterocycles. The quantitative estimate of drug-likeness (QED) is 0.758. The first-order valence-corrected chi connectivity index (χ1v) is 7.42. The zero-order chi connectivity index (χ0) is 15.1. The Morgan fingerprint density at radius 3 is 2.00 bits per heavy atom. The molecule has 0 aromatic rings. The lowest BCUT2D eigenvalue weighted by Crippen LogP contribution is -2.54. The summed E-state index contributed by atoms with van der Waals surface area (Å²) in [4.78, 5) is 29.5. The number of piperazine rings is 1. The Kier molecular flexibility index (Phi) is 6.78. The van der Waals surface area contributed by atoms with Gasteiger partial charge < -0.3 is 19.4 Å². The number of carbonyl (C=O) groups is 2. The number of hydrogen-bond donors (Lipinski definition) is 0. The molecule has 1 aliphatic heterocycles. The van der Waals surface area contributed by atoms with Crippen molar-refractivity contribution in [2.24, 2.45) is 0 Å². The minimum atomic E-state index is 0.00800. The third kappa shape index (κ3) is 4.67. The molecule has 6 heteroatoms. The second-order valence-electron chi connectivity index (χ2n) is 5.18. The number of urea groups is 1. The fourth-order valence-corrected chi connectivity index (χ4v) is 2.17. The largest absolute Gasteiger partial charge is 0.369 e. The van der Waals surface area contributed by atoms with E-state index in [4.69, 9.17) is 4.74 Å². The lowest BCUT2D eigenvalue weighted by atomic mass is 10.3. The first kappa shape index (κ1) is 16.8. The van der Waals surface area contributed by atoms with E-state index in [0.29, 0.717) is 26.2 Å². The third-order valence-electron chi connectivity index (χ3n) is 3.48. The molecule has 0 bridgehead atoms. The van der Waals surface area contributed by atoms with Gasteiger partial charge in [0.2, 0.25) is 5.91 Å². The van der Waals surface area contributed by atoms with Crippen LogP contribution in [0.4, 0.5) is 4.79 Å². The van der Waals surface area contributed by atoms with Crippen LogP contribution in [0.15, 0.2) is 0 Å². The van der Waals surface area contributed by atoms with E-state index >= 15 is 0 Å². The summed E-state index contributed by atoms with van der Waals surface area (Å²) >= 11 is 0. The molecular weight excluding hydrogens is 258 g/mol. The van der Waals surface area contributed by atoms with E-state index < -0.39 is 0 Å². The standard InChI is InChI=1S/C14H27N3O3/c1-5-15(6-2)14(19)17-9-7-16(8-10-17)13(18)11-20-12(3)4/h12H,5-11H2,1-4H3. The summed E-state index contributed by atoms with van der Waals surface area (Å²) < 4.78 is 5.32. The zero-order valence-electron chi connectivity index (χ0n) is 13.1. The van der Waals surface area contributed by atoms with Crippen molar-refractivity contribution in [2.75, 3.05) is 45.9 Å². The fraction of sp³-hybridized carbons (Fsp3) is 0.857. The Labute approximate surface area is 121 Å². The average Bonchev–Trinajstić information content (AvgIpc) is 2.46. The molecule has 1 heterocycles. The average molecular weight is 285 g/mol. The smallest absolute Gasteiger partial charge is 0.320 e. The summed E-state index contributed by atoms with van der Waals surface area (Å²) in [5.41, 5.74) is 0. The third-order valence-corrected chi connectivity index (χ3v) is 3.48. The molecule has 1 aliphatic rings. The molecule has 0 spiro atoms. The highest BCUT2D eigenvalue weighted by Gasteiger charge is 2.26. The van der Waals surface area contributed by atoms with Crippen LogP contribution in [0, 0.1) is 0 Å². The summed E-state index contributed by atoms with van der Waals surface area (Å²) in [6, 6.07) is 0.0699. The van der Waals surface area contributed by atoms with Crippen LogP contribution in [-0.4, -0.2) is 78.6 Å². The Hall–Kier alpha value is -1.30. The number of hydrogen-bond acceptors (Lipinski definition) is 3. The Bertz CT molecular complexity index is 322. The van der Waals surface area contributed by atoms with Gasteiger partial charge in [-0.2, -0.15) is 0 Å². The highest BCUT2D eigenvalue weighted by atomic mass is 16.5. The van der Waals surface area contributed by atoms with Gasteiger partial charge in [-0.15, -0.1) is 0 Å². The van der Waals surface area contributed by atoms with Gasteiger partial charge in [0.1, 0.15) is 6.61 Å². The van der Waals surface area contributed by atoms with E-state index in [1.54, 1.807) is 9.80 Å². The van der Waals surface area contributed by atoms with Crippen molar-refractivity contribution in [1.29, 1.82) is 0 Å². The molecule has 0 aromatic carbocycles. The first-order chi connectivity index (χ1) is 9.49. The Morgan fingerprint density at radius 2 is 1.55 bits per heavy atom. The van der Waals surface area contributed by atoms with Crippen LogP contribution in [0.25, 0.3) is 0 Å². The van der Waals surface area contributed by atoms with E-state index in [0.717, 1.165) is 13.1 Å². The summed E-state index contributed by atoms with van der Waals surface area (Å²) in [5, 5.41) is 0. The second kappa shape index (κ2) is 8.09. The summed E-state index contributed by atoms with van der Waals surface area (Å²) in [6.07, 6.45) is 0.0597. The van der Waals surface area contributed by atoms with Crippen molar-refractivity contribution in [1.82, 2.24) is 14.7 Å². The van der Waals surface area contributed by atoms with Crippen LogP contribution < -0.4 is 0 Å². The van der Waals surface area contributed by atoms with Gasteiger partial charge in [-0.1, -0.05) is 0 Å². The Balaban J connectivity index is 2.39. The second-order valence-corrected chi connectivity index (χ2v) is 5.18.